The summed E-state index contributed by atoms with van der Waals surface area (Å²) in [6.07, 6.45) is 0.578. The molecule has 1 rings (SSSR count). The standard InChI is InChI=1S/C15H21Cl2NO3/c1-9(18)5-10-6-11(16)7-12(17)13(10)21-8-15(2,3)14(19)20-4/h6-7,9H,5,8,18H2,1-4H3. The molecule has 0 saturated heterocycles. The van der Waals surface area contributed by atoms with Gasteiger partial charge in [-0.2, -0.15) is 0 Å². The highest BCUT2D eigenvalue weighted by molar-refractivity contribution is 6.35. The lowest BCUT2D eigenvalue weighted by atomic mass is 9.95. The number of carbonyl (C=O) groups is 1. The Kier molecular flexibility index (Phi) is 6.32. The van der Waals surface area contributed by atoms with E-state index in [0.29, 0.717) is 22.2 Å². The predicted octanol–water partition coefficient (Wildman–Crippen LogP) is 3.46. The van der Waals surface area contributed by atoms with Gasteiger partial charge in [0, 0.05) is 11.1 Å². The summed E-state index contributed by atoms with van der Waals surface area (Å²) in [6.45, 7) is 5.52. The van der Waals surface area contributed by atoms with Crippen molar-refractivity contribution in [2.75, 3.05) is 13.7 Å². The number of esters is 1. The van der Waals surface area contributed by atoms with Crippen molar-refractivity contribution in [2.24, 2.45) is 11.1 Å². The molecule has 0 aromatic heterocycles. The summed E-state index contributed by atoms with van der Waals surface area (Å²) >= 11 is 12.2. The van der Waals surface area contributed by atoms with Gasteiger partial charge in [-0.1, -0.05) is 23.2 Å². The first-order valence-electron chi connectivity index (χ1n) is 6.62. The smallest absolute Gasteiger partial charge is 0.314 e. The Morgan fingerprint density at radius 3 is 2.52 bits per heavy atom. The van der Waals surface area contributed by atoms with E-state index >= 15 is 0 Å². The maximum absolute atomic E-state index is 11.7. The highest BCUT2D eigenvalue weighted by Crippen LogP contribution is 2.34. The molecule has 1 aromatic carbocycles. The largest absolute Gasteiger partial charge is 0.491 e. The van der Waals surface area contributed by atoms with E-state index in [9.17, 15) is 4.79 Å². The second-order valence-corrected chi connectivity index (χ2v) is 6.57. The van der Waals surface area contributed by atoms with Crippen LogP contribution in [0.25, 0.3) is 0 Å². The first-order chi connectivity index (χ1) is 9.67. The van der Waals surface area contributed by atoms with Crippen LogP contribution in [-0.4, -0.2) is 25.7 Å². The van der Waals surface area contributed by atoms with Crippen LogP contribution in [0.2, 0.25) is 10.0 Å². The van der Waals surface area contributed by atoms with Crippen molar-refractivity contribution in [3.63, 3.8) is 0 Å². The quantitative estimate of drug-likeness (QED) is 0.810. The first kappa shape index (κ1) is 18.1. The molecule has 4 nitrogen and oxygen atoms in total. The van der Waals surface area contributed by atoms with Gasteiger partial charge in [-0.05, 0) is 44.9 Å². The summed E-state index contributed by atoms with van der Waals surface area (Å²) in [5.74, 6) is 0.164. The molecule has 118 valence electrons. The van der Waals surface area contributed by atoms with Crippen molar-refractivity contribution in [2.45, 2.75) is 33.2 Å². The number of ether oxygens (including phenoxy) is 2. The molecule has 6 heteroatoms. The molecular formula is C15H21Cl2NO3. The molecule has 0 bridgehead atoms. The number of carbonyl (C=O) groups excluding carboxylic acids is 1. The van der Waals surface area contributed by atoms with Gasteiger partial charge in [0.05, 0.1) is 17.5 Å². The molecule has 0 saturated carbocycles. The van der Waals surface area contributed by atoms with Gasteiger partial charge < -0.3 is 15.2 Å². The van der Waals surface area contributed by atoms with Crippen molar-refractivity contribution in [3.8, 4) is 5.75 Å². The van der Waals surface area contributed by atoms with E-state index in [1.54, 1.807) is 26.0 Å². The van der Waals surface area contributed by atoms with Gasteiger partial charge >= 0.3 is 5.97 Å². The molecule has 0 radical (unpaired) electrons. The van der Waals surface area contributed by atoms with E-state index in [2.05, 4.69) is 0 Å². The minimum atomic E-state index is -0.774. The number of methoxy groups -OCH3 is 1. The molecule has 0 aliphatic carbocycles. The van der Waals surface area contributed by atoms with Crippen LogP contribution >= 0.6 is 23.2 Å². The molecular weight excluding hydrogens is 313 g/mol. The van der Waals surface area contributed by atoms with E-state index in [0.717, 1.165) is 5.56 Å². The summed E-state index contributed by atoms with van der Waals surface area (Å²) < 4.78 is 10.5. The molecule has 21 heavy (non-hydrogen) atoms. The summed E-state index contributed by atoms with van der Waals surface area (Å²) in [7, 11) is 1.35. The first-order valence-corrected chi connectivity index (χ1v) is 7.37. The van der Waals surface area contributed by atoms with E-state index in [4.69, 9.17) is 38.4 Å². The lowest BCUT2D eigenvalue weighted by molar-refractivity contribution is -0.152. The predicted molar refractivity (Wildman–Crippen MR) is 85.1 cm³/mol. The van der Waals surface area contributed by atoms with Crippen LogP contribution in [0.5, 0.6) is 5.75 Å². The van der Waals surface area contributed by atoms with E-state index in [1.165, 1.54) is 7.11 Å². The van der Waals surface area contributed by atoms with Gasteiger partial charge in [-0.25, -0.2) is 0 Å². The lowest BCUT2D eigenvalue weighted by Gasteiger charge is -2.23. The molecule has 0 spiro atoms. The highest BCUT2D eigenvalue weighted by Gasteiger charge is 2.30. The zero-order chi connectivity index (χ0) is 16.2. The zero-order valence-electron chi connectivity index (χ0n) is 12.7. The van der Waals surface area contributed by atoms with Crippen molar-refractivity contribution in [3.05, 3.63) is 27.7 Å². The molecule has 1 atom stereocenters. The Balaban J connectivity index is 2.99. The number of hydrogen-bond acceptors (Lipinski definition) is 4. The van der Waals surface area contributed by atoms with Gasteiger partial charge in [0.25, 0.3) is 0 Å². The van der Waals surface area contributed by atoms with Crippen LogP contribution in [-0.2, 0) is 16.0 Å². The summed E-state index contributed by atoms with van der Waals surface area (Å²) in [5.41, 5.74) is 5.88. The maximum Gasteiger partial charge on any atom is 0.314 e. The molecule has 2 N–H and O–H groups in total. The Morgan fingerprint density at radius 1 is 1.38 bits per heavy atom. The van der Waals surface area contributed by atoms with Crippen LogP contribution in [0.3, 0.4) is 0 Å². The van der Waals surface area contributed by atoms with Gasteiger partial charge in [0.2, 0.25) is 0 Å². The van der Waals surface area contributed by atoms with E-state index in [-0.39, 0.29) is 18.6 Å². The third-order valence-corrected chi connectivity index (χ3v) is 3.44. The Morgan fingerprint density at radius 2 is 2.00 bits per heavy atom. The van der Waals surface area contributed by atoms with E-state index < -0.39 is 5.41 Å². The number of hydrogen-bond donors (Lipinski definition) is 1. The van der Waals surface area contributed by atoms with Crippen LogP contribution in [0.4, 0.5) is 0 Å². The SMILES string of the molecule is COC(=O)C(C)(C)COc1c(Cl)cc(Cl)cc1CC(C)N. The fourth-order valence-electron chi connectivity index (χ4n) is 1.86. The average molecular weight is 334 g/mol. The summed E-state index contributed by atoms with van der Waals surface area (Å²) in [5, 5.41) is 0.925. The number of halogens is 2. The number of rotatable bonds is 6. The Bertz CT molecular complexity index is 516. The molecule has 0 fully saturated rings. The van der Waals surface area contributed by atoms with Gasteiger partial charge in [-0.3, -0.25) is 4.79 Å². The molecule has 0 heterocycles. The Labute approximate surface area is 135 Å². The van der Waals surface area contributed by atoms with Gasteiger partial charge in [-0.15, -0.1) is 0 Å². The third-order valence-electron chi connectivity index (χ3n) is 2.94. The minimum absolute atomic E-state index is 0.0597. The van der Waals surface area contributed by atoms with Crippen molar-refractivity contribution in [1.29, 1.82) is 0 Å². The lowest BCUT2D eigenvalue weighted by Crippen LogP contribution is -2.32. The monoisotopic (exact) mass is 333 g/mol. The molecule has 0 aliphatic heterocycles. The highest BCUT2D eigenvalue weighted by atomic mass is 35.5. The normalized spacial score (nSPS) is 12.9. The number of nitrogens with two attached hydrogens (primary N) is 1. The van der Waals surface area contributed by atoms with Crippen LogP contribution in [0.15, 0.2) is 12.1 Å². The summed E-state index contributed by atoms with van der Waals surface area (Å²) in [4.78, 5) is 11.7. The molecule has 1 unspecified atom stereocenters. The van der Waals surface area contributed by atoms with Crippen LogP contribution < -0.4 is 10.5 Å². The molecule has 0 amide bonds. The van der Waals surface area contributed by atoms with Gasteiger partial charge in [0.15, 0.2) is 0 Å². The molecule has 1 aromatic rings. The second-order valence-electron chi connectivity index (χ2n) is 5.72. The minimum Gasteiger partial charge on any atom is -0.491 e. The second kappa shape index (κ2) is 7.34. The van der Waals surface area contributed by atoms with Gasteiger partial charge in [0.1, 0.15) is 12.4 Å². The molecule has 0 aliphatic rings. The fourth-order valence-corrected chi connectivity index (χ4v) is 2.45. The Hall–Kier alpha value is -0.970. The average Bonchev–Trinajstić information content (AvgIpc) is 2.35. The van der Waals surface area contributed by atoms with Crippen LogP contribution in [0, 0.1) is 5.41 Å². The van der Waals surface area contributed by atoms with Crippen molar-refractivity contribution < 1.29 is 14.3 Å². The van der Waals surface area contributed by atoms with Crippen molar-refractivity contribution >= 4 is 29.2 Å². The summed E-state index contributed by atoms with van der Waals surface area (Å²) in [6, 6.07) is 3.32. The van der Waals surface area contributed by atoms with E-state index in [1.807, 2.05) is 6.92 Å². The zero-order valence-corrected chi connectivity index (χ0v) is 14.2. The topological polar surface area (TPSA) is 61.5 Å². The third kappa shape index (κ3) is 5.06. The maximum atomic E-state index is 11.7. The number of benzene rings is 1. The van der Waals surface area contributed by atoms with Crippen LogP contribution in [0.1, 0.15) is 26.3 Å². The fraction of sp³-hybridized carbons (Fsp3) is 0.533. The van der Waals surface area contributed by atoms with Crippen molar-refractivity contribution in [1.82, 2.24) is 0 Å².